The van der Waals surface area contributed by atoms with Gasteiger partial charge in [0.1, 0.15) is 0 Å². The first kappa shape index (κ1) is 14.7. The molecule has 0 aromatic heterocycles. The molecule has 0 aliphatic carbocycles. The van der Waals surface area contributed by atoms with Crippen LogP contribution >= 0.6 is 0 Å². The third-order valence-corrected chi connectivity index (χ3v) is 2.64. The van der Waals surface area contributed by atoms with Crippen LogP contribution in [0.25, 0.3) is 0 Å². The minimum absolute atomic E-state index is 0.238. The first-order valence-electron chi connectivity index (χ1n) is 6.63. The second-order valence-corrected chi connectivity index (χ2v) is 4.79. The largest absolute Gasteiger partial charge is 0.462 e. The van der Waals surface area contributed by atoms with E-state index in [1.807, 2.05) is 18.2 Å². The van der Waals surface area contributed by atoms with Crippen molar-refractivity contribution in [3.05, 3.63) is 35.9 Å². The van der Waals surface area contributed by atoms with Gasteiger partial charge in [0.2, 0.25) is 0 Å². The molecule has 1 aromatic rings. The molecule has 0 unspecified atom stereocenters. The predicted molar refractivity (Wildman–Crippen MR) is 73.7 cm³/mol. The lowest BCUT2D eigenvalue weighted by Crippen LogP contribution is -2.20. The van der Waals surface area contributed by atoms with E-state index in [-0.39, 0.29) is 5.97 Å². The maximum absolute atomic E-state index is 11.6. The van der Waals surface area contributed by atoms with Gasteiger partial charge in [0.25, 0.3) is 0 Å². The zero-order valence-corrected chi connectivity index (χ0v) is 11.3. The Labute approximate surface area is 110 Å². The normalized spacial score (nSPS) is 10.6. The molecule has 0 amide bonds. The monoisotopic (exact) mass is 249 g/mol. The van der Waals surface area contributed by atoms with Crippen molar-refractivity contribution in [3.8, 4) is 0 Å². The lowest BCUT2D eigenvalue weighted by Gasteiger charge is -2.07. The Hall–Kier alpha value is -1.35. The van der Waals surface area contributed by atoms with E-state index < -0.39 is 0 Å². The van der Waals surface area contributed by atoms with E-state index in [9.17, 15) is 4.79 Å². The molecule has 1 aromatic carbocycles. The quantitative estimate of drug-likeness (QED) is 0.568. The zero-order chi connectivity index (χ0) is 13.2. The summed E-state index contributed by atoms with van der Waals surface area (Å²) in [7, 11) is 0. The fourth-order valence-electron chi connectivity index (χ4n) is 1.54. The molecule has 3 heteroatoms. The Morgan fingerprint density at radius 3 is 2.61 bits per heavy atom. The molecule has 1 rings (SSSR count). The van der Waals surface area contributed by atoms with Gasteiger partial charge in [-0.1, -0.05) is 32.0 Å². The first-order chi connectivity index (χ1) is 8.70. The molecule has 1 N–H and O–H groups in total. The van der Waals surface area contributed by atoms with Crippen LogP contribution in [-0.4, -0.2) is 25.7 Å². The average molecular weight is 249 g/mol. The van der Waals surface area contributed by atoms with Crippen molar-refractivity contribution >= 4 is 5.97 Å². The van der Waals surface area contributed by atoms with Gasteiger partial charge in [-0.2, -0.15) is 0 Å². The number of rotatable bonds is 8. The van der Waals surface area contributed by atoms with Crippen molar-refractivity contribution in [2.45, 2.75) is 26.7 Å². The molecular formula is C15H23NO2. The number of ether oxygens (including phenoxy) is 1. The van der Waals surface area contributed by atoms with E-state index in [4.69, 9.17) is 4.74 Å². The van der Waals surface area contributed by atoms with Crippen LogP contribution in [0.1, 0.15) is 37.0 Å². The van der Waals surface area contributed by atoms with E-state index in [1.54, 1.807) is 12.1 Å². The summed E-state index contributed by atoms with van der Waals surface area (Å²) < 4.78 is 5.18. The Bertz CT molecular complexity index is 336. The van der Waals surface area contributed by atoms with Crippen LogP contribution in [0.5, 0.6) is 0 Å². The third-order valence-electron chi connectivity index (χ3n) is 2.64. The summed E-state index contributed by atoms with van der Waals surface area (Å²) in [5, 5.41) is 3.34. The molecule has 0 heterocycles. The van der Waals surface area contributed by atoms with Gasteiger partial charge in [0.05, 0.1) is 12.2 Å². The van der Waals surface area contributed by atoms with Gasteiger partial charge in [0.15, 0.2) is 0 Å². The minimum atomic E-state index is -0.238. The van der Waals surface area contributed by atoms with Crippen molar-refractivity contribution in [1.29, 1.82) is 0 Å². The van der Waals surface area contributed by atoms with Crippen molar-refractivity contribution in [1.82, 2.24) is 5.32 Å². The summed E-state index contributed by atoms with van der Waals surface area (Å²) in [6, 6.07) is 9.09. The molecule has 0 spiro atoms. The van der Waals surface area contributed by atoms with Gasteiger partial charge < -0.3 is 10.1 Å². The molecular weight excluding hydrogens is 226 g/mol. The Kier molecular flexibility index (Phi) is 7.11. The van der Waals surface area contributed by atoms with Crippen LogP contribution in [0.4, 0.5) is 0 Å². The van der Waals surface area contributed by atoms with Crippen LogP contribution in [-0.2, 0) is 4.74 Å². The maximum atomic E-state index is 11.6. The summed E-state index contributed by atoms with van der Waals surface area (Å²) in [4.78, 5) is 11.6. The number of carbonyl (C=O) groups is 1. The van der Waals surface area contributed by atoms with Crippen LogP contribution in [0.15, 0.2) is 30.3 Å². The molecule has 3 nitrogen and oxygen atoms in total. The van der Waals surface area contributed by atoms with Crippen molar-refractivity contribution in [2.24, 2.45) is 5.92 Å². The Morgan fingerprint density at radius 2 is 1.94 bits per heavy atom. The highest BCUT2D eigenvalue weighted by molar-refractivity contribution is 5.89. The second kappa shape index (κ2) is 8.70. The highest BCUT2D eigenvalue weighted by Crippen LogP contribution is 2.01. The smallest absolute Gasteiger partial charge is 0.338 e. The minimum Gasteiger partial charge on any atom is -0.462 e. The molecule has 0 bridgehead atoms. The van der Waals surface area contributed by atoms with Gasteiger partial charge in [-0.05, 0) is 44.0 Å². The van der Waals surface area contributed by atoms with Crippen molar-refractivity contribution in [2.75, 3.05) is 19.7 Å². The van der Waals surface area contributed by atoms with E-state index in [2.05, 4.69) is 19.2 Å². The zero-order valence-electron chi connectivity index (χ0n) is 11.3. The van der Waals surface area contributed by atoms with E-state index in [1.165, 1.54) is 6.42 Å². The summed E-state index contributed by atoms with van der Waals surface area (Å²) in [5.41, 5.74) is 0.616. The number of nitrogens with one attached hydrogen (secondary N) is 1. The predicted octanol–water partition coefficient (Wildman–Crippen LogP) is 2.87. The highest BCUT2D eigenvalue weighted by Gasteiger charge is 2.04. The molecule has 18 heavy (non-hydrogen) atoms. The topological polar surface area (TPSA) is 38.3 Å². The maximum Gasteiger partial charge on any atom is 0.338 e. The van der Waals surface area contributed by atoms with Crippen molar-refractivity contribution < 1.29 is 9.53 Å². The summed E-state index contributed by atoms with van der Waals surface area (Å²) in [6.07, 6.45) is 2.04. The number of carbonyl (C=O) groups excluding carboxylic acids is 1. The van der Waals surface area contributed by atoms with Gasteiger partial charge >= 0.3 is 5.97 Å². The lowest BCUT2D eigenvalue weighted by atomic mass is 10.1. The van der Waals surface area contributed by atoms with Crippen LogP contribution in [0.2, 0.25) is 0 Å². The molecule has 0 saturated carbocycles. The summed E-state index contributed by atoms with van der Waals surface area (Å²) in [5.74, 6) is 0.492. The van der Waals surface area contributed by atoms with E-state index in [0.717, 1.165) is 25.4 Å². The van der Waals surface area contributed by atoms with Gasteiger partial charge in [-0.25, -0.2) is 4.79 Å². The standard InChI is InChI=1S/C15H23NO2/c1-13(2)9-11-16-10-6-12-18-15(17)14-7-4-3-5-8-14/h3-5,7-8,13,16H,6,9-12H2,1-2H3. The highest BCUT2D eigenvalue weighted by atomic mass is 16.5. The van der Waals surface area contributed by atoms with Crippen LogP contribution in [0.3, 0.4) is 0 Å². The third kappa shape index (κ3) is 6.40. The van der Waals surface area contributed by atoms with Crippen LogP contribution in [0, 0.1) is 5.92 Å². The fourth-order valence-corrected chi connectivity index (χ4v) is 1.54. The molecule has 0 atom stereocenters. The Balaban J connectivity index is 2.03. The van der Waals surface area contributed by atoms with Gasteiger partial charge in [-0.3, -0.25) is 0 Å². The molecule has 0 aliphatic rings. The van der Waals surface area contributed by atoms with E-state index >= 15 is 0 Å². The lowest BCUT2D eigenvalue weighted by molar-refractivity contribution is 0.0500. The SMILES string of the molecule is CC(C)CCNCCCOC(=O)c1ccccc1. The number of esters is 1. The number of hydrogen-bond acceptors (Lipinski definition) is 3. The first-order valence-corrected chi connectivity index (χ1v) is 6.63. The van der Waals surface area contributed by atoms with Gasteiger partial charge in [0, 0.05) is 0 Å². The number of benzene rings is 1. The fraction of sp³-hybridized carbons (Fsp3) is 0.533. The molecule has 0 aliphatic heterocycles. The Morgan fingerprint density at radius 1 is 1.22 bits per heavy atom. The summed E-state index contributed by atoms with van der Waals surface area (Å²) in [6.45, 7) is 6.83. The molecule has 0 saturated heterocycles. The average Bonchev–Trinajstić information content (AvgIpc) is 2.38. The summed E-state index contributed by atoms with van der Waals surface area (Å²) >= 11 is 0. The molecule has 100 valence electrons. The van der Waals surface area contributed by atoms with Crippen molar-refractivity contribution in [3.63, 3.8) is 0 Å². The molecule has 0 radical (unpaired) electrons. The molecule has 0 fully saturated rings. The second-order valence-electron chi connectivity index (χ2n) is 4.79. The van der Waals surface area contributed by atoms with Gasteiger partial charge in [-0.15, -0.1) is 0 Å². The van der Waals surface area contributed by atoms with E-state index in [0.29, 0.717) is 12.2 Å². The number of hydrogen-bond donors (Lipinski definition) is 1. The van der Waals surface area contributed by atoms with Crippen LogP contribution < -0.4 is 5.32 Å².